The van der Waals surface area contributed by atoms with Crippen molar-refractivity contribution in [3.05, 3.63) is 55.5 Å². The number of hydrogen-bond donors (Lipinski definition) is 2. The van der Waals surface area contributed by atoms with Gasteiger partial charge in [-0.1, -0.05) is 45.2 Å². The van der Waals surface area contributed by atoms with E-state index < -0.39 is 0 Å². The van der Waals surface area contributed by atoms with Gasteiger partial charge < -0.3 is 10.2 Å². The lowest BCUT2D eigenvalue weighted by Crippen LogP contribution is -2.28. The second-order valence-corrected chi connectivity index (χ2v) is 8.89. The van der Waals surface area contributed by atoms with Gasteiger partial charge in [-0.05, 0) is 92.9 Å². The summed E-state index contributed by atoms with van der Waals surface area (Å²) in [5.74, 6) is 0.607. The zero-order valence-electron chi connectivity index (χ0n) is 16.0. The van der Waals surface area contributed by atoms with Crippen molar-refractivity contribution in [1.29, 1.82) is 0 Å². The Bertz CT molecular complexity index is 680. The smallest absolute Gasteiger partial charge is 0.132 e. The van der Waals surface area contributed by atoms with Crippen LogP contribution in [0.3, 0.4) is 0 Å². The molecule has 2 rings (SSSR count). The van der Waals surface area contributed by atoms with Crippen molar-refractivity contribution in [3.8, 4) is 11.5 Å². The van der Waals surface area contributed by atoms with Crippen LogP contribution in [0.25, 0.3) is 0 Å². The Labute approximate surface area is 173 Å². The molecule has 0 bridgehead atoms. The molecule has 2 nitrogen and oxygen atoms in total. The SMILES string of the molecule is CCCCC(CCC)(c1cc(C)c(O)c(Br)c1)c1cc(C)c(O)c(Br)c1. The van der Waals surface area contributed by atoms with Crippen LogP contribution < -0.4 is 0 Å². The summed E-state index contributed by atoms with van der Waals surface area (Å²) < 4.78 is 1.47. The molecule has 0 aliphatic carbocycles. The number of hydrogen-bond acceptors (Lipinski definition) is 2. The number of benzene rings is 2. The summed E-state index contributed by atoms with van der Waals surface area (Å²) in [5, 5.41) is 20.4. The average Bonchev–Trinajstić information content (AvgIpc) is 2.60. The highest BCUT2D eigenvalue weighted by atomic mass is 79.9. The van der Waals surface area contributed by atoms with Crippen LogP contribution in [-0.4, -0.2) is 10.2 Å². The lowest BCUT2D eigenvalue weighted by molar-refractivity contribution is 0.410. The van der Waals surface area contributed by atoms with Crippen LogP contribution in [0.1, 0.15) is 68.2 Å². The second-order valence-electron chi connectivity index (χ2n) is 7.18. The Morgan fingerprint density at radius 2 is 1.23 bits per heavy atom. The fourth-order valence-electron chi connectivity index (χ4n) is 3.80. The van der Waals surface area contributed by atoms with Crippen molar-refractivity contribution in [2.24, 2.45) is 0 Å². The van der Waals surface area contributed by atoms with Crippen molar-refractivity contribution >= 4 is 31.9 Å². The monoisotopic (exact) mass is 482 g/mol. The molecule has 0 saturated heterocycles. The molecule has 2 N–H and O–H groups in total. The van der Waals surface area contributed by atoms with Gasteiger partial charge in [0.25, 0.3) is 0 Å². The van der Waals surface area contributed by atoms with Gasteiger partial charge in [-0.2, -0.15) is 0 Å². The van der Waals surface area contributed by atoms with E-state index in [4.69, 9.17) is 0 Å². The normalized spacial score (nSPS) is 11.8. The predicted molar refractivity (Wildman–Crippen MR) is 116 cm³/mol. The summed E-state index contributed by atoms with van der Waals surface area (Å²) in [6.07, 6.45) is 5.35. The average molecular weight is 484 g/mol. The zero-order valence-corrected chi connectivity index (χ0v) is 19.2. The minimum Gasteiger partial charge on any atom is -0.506 e. The number of phenols is 2. The van der Waals surface area contributed by atoms with Crippen LogP contribution in [0.15, 0.2) is 33.2 Å². The van der Waals surface area contributed by atoms with Crippen LogP contribution in [0, 0.1) is 13.8 Å². The number of aromatic hydroxyl groups is 2. The molecule has 142 valence electrons. The highest BCUT2D eigenvalue weighted by Crippen LogP contribution is 2.46. The number of phenolic OH excluding ortho intramolecular Hbond substituents is 2. The summed E-state index contributed by atoms with van der Waals surface area (Å²) in [4.78, 5) is 0. The maximum atomic E-state index is 10.2. The minimum atomic E-state index is -0.146. The molecule has 0 saturated carbocycles. The van der Waals surface area contributed by atoms with E-state index in [9.17, 15) is 10.2 Å². The molecule has 2 aromatic rings. The van der Waals surface area contributed by atoms with E-state index in [2.05, 4.69) is 70.0 Å². The molecule has 4 heteroatoms. The molecule has 0 unspecified atom stereocenters. The molecule has 0 atom stereocenters. The van der Waals surface area contributed by atoms with Crippen LogP contribution in [0.5, 0.6) is 11.5 Å². The fraction of sp³-hybridized carbons (Fsp3) is 0.455. The van der Waals surface area contributed by atoms with Gasteiger partial charge in [0.2, 0.25) is 0 Å². The molecule has 0 spiro atoms. The Kier molecular flexibility index (Phi) is 7.20. The van der Waals surface area contributed by atoms with Crippen molar-refractivity contribution in [2.45, 2.75) is 65.2 Å². The molecule has 26 heavy (non-hydrogen) atoms. The van der Waals surface area contributed by atoms with Crippen molar-refractivity contribution in [2.75, 3.05) is 0 Å². The quantitative estimate of drug-likeness (QED) is 0.427. The molecule has 0 aromatic heterocycles. The largest absolute Gasteiger partial charge is 0.506 e. The van der Waals surface area contributed by atoms with E-state index in [1.807, 2.05) is 13.8 Å². The van der Waals surface area contributed by atoms with E-state index in [-0.39, 0.29) is 5.41 Å². The van der Waals surface area contributed by atoms with Crippen LogP contribution in [0.4, 0.5) is 0 Å². The third-order valence-corrected chi connectivity index (χ3v) is 6.46. The molecular formula is C22H28Br2O2. The second kappa shape index (κ2) is 8.79. The van der Waals surface area contributed by atoms with Crippen molar-refractivity contribution in [1.82, 2.24) is 0 Å². The molecule has 0 amide bonds. The Balaban J connectivity index is 2.77. The number of aryl methyl sites for hydroxylation is 2. The van der Waals surface area contributed by atoms with Crippen LogP contribution in [-0.2, 0) is 5.41 Å². The summed E-state index contributed by atoms with van der Waals surface area (Å²) in [5.41, 5.74) is 4.04. The molecule has 0 aliphatic heterocycles. The van der Waals surface area contributed by atoms with E-state index in [0.29, 0.717) is 11.5 Å². The summed E-state index contributed by atoms with van der Waals surface area (Å²) in [6, 6.07) is 8.34. The van der Waals surface area contributed by atoms with Gasteiger partial charge in [0.05, 0.1) is 8.95 Å². The molecular weight excluding hydrogens is 456 g/mol. The standard InChI is InChI=1S/C22H28Br2O2/c1-5-7-9-22(8-6-2,16-10-14(3)20(25)18(23)12-16)17-11-15(4)21(26)19(24)13-17/h10-13,25-26H,5-9H2,1-4H3. The summed E-state index contributed by atoms with van der Waals surface area (Å²) >= 11 is 7.04. The molecule has 0 fully saturated rings. The van der Waals surface area contributed by atoms with Gasteiger partial charge in [0, 0.05) is 5.41 Å². The Morgan fingerprint density at radius 1 is 0.769 bits per heavy atom. The van der Waals surface area contributed by atoms with Gasteiger partial charge in [-0.25, -0.2) is 0 Å². The third-order valence-electron chi connectivity index (χ3n) is 5.25. The van der Waals surface area contributed by atoms with Crippen LogP contribution >= 0.6 is 31.9 Å². The molecule has 0 heterocycles. The van der Waals surface area contributed by atoms with Gasteiger partial charge in [0.15, 0.2) is 0 Å². The highest BCUT2D eigenvalue weighted by molar-refractivity contribution is 9.10. The molecule has 0 aliphatic rings. The summed E-state index contributed by atoms with van der Waals surface area (Å²) in [7, 11) is 0. The Hall–Kier alpha value is -1.00. The lowest BCUT2D eigenvalue weighted by Gasteiger charge is -2.36. The van der Waals surface area contributed by atoms with E-state index in [1.54, 1.807) is 0 Å². The van der Waals surface area contributed by atoms with Crippen LogP contribution in [0.2, 0.25) is 0 Å². The number of unbranched alkanes of at least 4 members (excludes halogenated alkanes) is 1. The van der Waals surface area contributed by atoms with Crippen molar-refractivity contribution < 1.29 is 10.2 Å². The molecule has 0 radical (unpaired) electrons. The minimum absolute atomic E-state index is 0.146. The predicted octanol–water partition coefficient (Wildman–Crippen LogP) is 7.52. The van der Waals surface area contributed by atoms with E-state index in [0.717, 1.165) is 52.2 Å². The van der Waals surface area contributed by atoms with Gasteiger partial charge in [0.1, 0.15) is 11.5 Å². The first-order valence-electron chi connectivity index (χ1n) is 9.26. The highest BCUT2D eigenvalue weighted by Gasteiger charge is 2.34. The van der Waals surface area contributed by atoms with E-state index >= 15 is 0 Å². The number of halogens is 2. The topological polar surface area (TPSA) is 40.5 Å². The third kappa shape index (κ3) is 4.12. The maximum Gasteiger partial charge on any atom is 0.132 e. The first-order chi connectivity index (χ1) is 12.3. The summed E-state index contributed by atoms with van der Waals surface area (Å²) in [6.45, 7) is 8.31. The maximum absolute atomic E-state index is 10.2. The van der Waals surface area contributed by atoms with Gasteiger partial charge in [-0.3, -0.25) is 0 Å². The fourth-order valence-corrected chi connectivity index (χ4v) is 4.92. The van der Waals surface area contributed by atoms with E-state index in [1.165, 1.54) is 11.1 Å². The lowest BCUT2D eigenvalue weighted by atomic mass is 9.68. The number of rotatable bonds is 7. The molecule has 2 aromatic carbocycles. The zero-order chi connectivity index (χ0) is 19.5. The van der Waals surface area contributed by atoms with Gasteiger partial charge in [-0.15, -0.1) is 0 Å². The Morgan fingerprint density at radius 3 is 1.58 bits per heavy atom. The van der Waals surface area contributed by atoms with Gasteiger partial charge >= 0.3 is 0 Å². The first kappa shape index (κ1) is 21.3. The first-order valence-corrected chi connectivity index (χ1v) is 10.8. The van der Waals surface area contributed by atoms with Crippen molar-refractivity contribution in [3.63, 3.8) is 0 Å².